The molecule has 0 unspecified atom stereocenters. The number of nitrogens with zero attached hydrogens (tertiary/aromatic N) is 1. The zero-order chi connectivity index (χ0) is 11.3. The van der Waals surface area contributed by atoms with Gasteiger partial charge in [-0.05, 0) is 35.0 Å². The molecule has 0 aliphatic carbocycles. The Labute approximate surface area is 95.7 Å². The number of pyridine rings is 1. The molecule has 80 valence electrons. The van der Waals surface area contributed by atoms with E-state index in [2.05, 4.69) is 25.7 Å². The first kappa shape index (κ1) is 11.7. The third-order valence-corrected chi connectivity index (χ3v) is 2.03. The van der Waals surface area contributed by atoms with Crippen molar-refractivity contribution in [2.75, 3.05) is 6.61 Å². The van der Waals surface area contributed by atoms with Crippen LogP contribution in [-0.4, -0.2) is 22.7 Å². The van der Waals surface area contributed by atoms with E-state index in [1.807, 2.05) is 0 Å². The third-order valence-electron chi connectivity index (χ3n) is 1.56. The van der Waals surface area contributed by atoms with Crippen LogP contribution in [0.1, 0.15) is 12.5 Å². The van der Waals surface area contributed by atoms with Crippen LogP contribution in [0.2, 0.25) is 0 Å². The molecule has 0 saturated heterocycles. The second kappa shape index (κ2) is 5.50. The van der Waals surface area contributed by atoms with Crippen LogP contribution in [-0.2, 0) is 9.53 Å². The van der Waals surface area contributed by atoms with Crippen molar-refractivity contribution in [3.8, 4) is 0 Å². The fraction of sp³-hybridized carbons (Fsp3) is 0.200. The maximum Gasteiger partial charge on any atom is 0.334 e. The molecule has 0 atom stereocenters. The molecule has 0 bridgehead atoms. The molecular weight excluding hydrogens is 262 g/mol. The molecule has 0 amide bonds. The van der Waals surface area contributed by atoms with E-state index in [0.717, 1.165) is 6.08 Å². The number of rotatable bonds is 3. The van der Waals surface area contributed by atoms with Gasteiger partial charge in [0.15, 0.2) is 0 Å². The van der Waals surface area contributed by atoms with Crippen molar-refractivity contribution in [1.82, 2.24) is 4.98 Å². The van der Waals surface area contributed by atoms with E-state index in [-0.39, 0.29) is 12.4 Å². The van der Waals surface area contributed by atoms with Crippen LogP contribution < -0.4 is 0 Å². The summed E-state index contributed by atoms with van der Waals surface area (Å²) in [6, 6.07) is 3.31. The molecule has 0 aliphatic rings. The summed E-state index contributed by atoms with van der Waals surface area (Å²) in [5, 5.41) is 9.51. The van der Waals surface area contributed by atoms with Gasteiger partial charge in [-0.2, -0.15) is 0 Å². The smallest absolute Gasteiger partial charge is 0.334 e. The maximum absolute atomic E-state index is 11.0. The fourth-order valence-electron chi connectivity index (χ4n) is 0.906. The predicted octanol–water partition coefficient (Wildman–Crippen LogP) is 2.31. The molecule has 5 heteroatoms. The molecule has 0 aliphatic heterocycles. The van der Waals surface area contributed by atoms with Gasteiger partial charge in [0.2, 0.25) is 0 Å². The van der Waals surface area contributed by atoms with Gasteiger partial charge in [0.05, 0.1) is 12.7 Å². The molecule has 1 aromatic rings. The van der Waals surface area contributed by atoms with Crippen LogP contribution in [0.25, 0.3) is 5.76 Å². The lowest BCUT2D eigenvalue weighted by atomic mass is 10.2. The summed E-state index contributed by atoms with van der Waals surface area (Å²) >= 11 is 3.17. The predicted molar refractivity (Wildman–Crippen MR) is 59.2 cm³/mol. The van der Waals surface area contributed by atoms with Crippen molar-refractivity contribution in [2.45, 2.75) is 6.92 Å². The van der Waals surface area contributed by atoms with E-state index >= 15 is 0 Å². The van der Waals surface area contributed by atoms with Crippen molar-refractivity contribution >= 4 is 27.7 Å². The van der Waals surface area contributed by atoms with Crippen LogP contribution in [0, 0.1) is 0 Å². The van der Waals surface area contributed by atoms with E-state index < -0.39 is 5.97 Å². The van der Waals surface area contributed by atoms with Crippen LogP contribution >= 0.6 is 15.9 Å². The number of halogens is 1. The van der Waals surface area contributed by atoms with E-state index in [4.69, 9.17) is 0 Å². The summed E-state index contributed by atoms with van der Waals surface area (Å²) in [7, 11) is 0. The number of aliphatic hydroxyl groups is 1. The number of aliphatic hydroxyl groups excluding tert-OH is 1. The van der Waals surface area contributed by atoms with E-state index in [1.54, 1.807) is 19.1 Å². The number of esters is 1. The summed E-state index contributed by atoms with van der Waals surface area (Å²) in [5.41, 5.74) is 0.464. The average Bonchev–Trinajstić information content (AvgIpc) is 2.18. The minimum atomic E-state index is -0.571. The summed E-state index contributed by atoms with van der Waals surface area (Å²) in [4.78, 5) is 14.9. The third kappa shape index (κ3) is 3.71. The highest BCUT2D eigenvalue weighted by Gasteiger charge is 2.03. The van der Waals surface area contributed by atoms with Gasteiger partial charge in [0.1, 0.15) is 10.4 Å². The number of carbonyl (C=O) groups is 1. The normalized spacial score (nSPS) is 11.2. The Hall–Kier alpha value is -1.36. The number of aromatic nitrogens is 1. The van der Waals surface area contributed by atoms with Gasteiger partial charge < -0.3 is 9.84 Å². The van der Waals surface area contributed by atoms with Crippen molar-refractivity contribution < 1.29 is 14.6 Å². The second-order valence-electron chi connectivity index (χ2n) is 2.65. The van der Waals surface area contributed by atoms with Gasteiger partial charge in [-0.3, -0.25) is 0 Å². The van der Waals surface area contributed by atoms with Crippen molar-refractivity contribution in [3.63, 3.8) is 0 Å². The molecule has 4 nitrogen and oxygen atoms in total. The highest BCUT2D eigenvalue weighted by atomic mass is 79.9. The highest BCUT2D eigenvalue weighted by molar-refractivity contribution is 9.10. The summed E-state index contributed by atoms with van der Waals surface area (Å²) in [5.74, 6) is -0.730. The Morgan fingerprint density at radius 3 is 2.93 bits per heavy atom. The number of ether oxygens (including phenoxy) is 1. The summed E-state index contributed by atoms with van der Waals surface area (Å²) in [6.45, 7) is 1.98. The first-order valence-corrected chi connectivity index (χ1v) is 5.12. The minimum absolute atomic E-state index is 0.159. The second-order valence-corrected chi connectivity index (χ2v) is 3.46. The number of carbonyl (C=O) groups excluding carboxylic acids is 1. The molecule has 0 saturated carbocycles. The Bertz CT molecular complexity index is 373. The Morgan fingerprint density at radius 1 is 1.67 bits per heavy atom. The SMILES string of the molecule is CCOC(=O)C=C(O)c1ccc(Br)nc1. The zero-order valence-electron chi connectivity index (χ0n) is 8.11. The minimum Gasteiger partial charge on any atom is -0.507 e. The van der Waals surface area contributed by atoms with Gasteiger partial charge in [-0.1, -0.05) is 0 Å². The summed E-state index contributed by atoms with van der Waals surface area (Å²) < 4.78 is 5.31. The molecular formula is C10H10BrNO3. The van der Waals surface area contributed by atoms with Crippen LogP contribution in [0.3, 0.4) is 0 Å². The quantitative estimate of drug-likeness (QED) is 0.397. The molecule has 1 heterocycles. The van der Waals surface area contributed by atoms with Crippen LogP contribution in [0.4, 0.5) is 0 Å². The molecule has 15 heavy (non-hydrogen) atoms. The van der Waals surface area contributed by atoms with Gasteiger partial charge in [-0.25, -0.2) is 9.78 Å². The monoisotopic (exact) mass is 271 g/mol. The van der Waals surface area contributed by atoms with Gasteiger partial charge >= 0.3 is 5.97 Å². The molecule has 1 aromatic heterocycles. The maximum atomic E-state index is 11.0. The molecule has 0 aromatic carbocycles. The van der Waals surface area contributed by atoms with Crippen LogP contribution in [0.15, 0.2) is 29.0 Å². The van der Waals surface area contributed by atoms with Gasteiger partial charge in [0.25, 0.3) is 0 Å². The van der Waals surface area contributed by atoms with Gasteiger partial charge in [0, 0.05) is 11.8 Å². The fourth-order valence-corrected chi connectivity index (χ4v) is 1.14. The van der Waals surface area contributed by atoms with Crippen molar-refractivity contribution in [1.29, 1.82) is 0 Å². The highest BCUT2D eigenvalue weighted by Crippen LogP contribution is 2.12. The van der Waals surface area contributed by atoms with E-state index in [1.165, 1.54) is 6.20 Å². The molecule has 1 rings (SSSR count). The van der Waals surface area contributed by atoms with Crippen molar-refractivity contribution in [3.05, 3.63) is 34.6 Å². The first-order valence-electron chi connectivity index (χ1n) is 4.33. The Morgan fingerprint density at radius 2 is 2.40 bits per heavy atom. The molecule has 0 radical (unpaired) electrons. The largest absolute Gasteiger partial charge is 0.507 e. The van der Waals surface area contributed by atoms with E-state index in [9.17, 15) is 9.90 Å². The molecule has 0 fully saturated rings. The zero-order valence-corrected chi connectivity index (χ0v) is 9.69. The Kier molecular flexibility index (Phi) is 4.30. The first-order chi connectivity index (χ1) is 7.13. The number of hydrogen-bond donors (Lipinski definition) is 1. The lowest BCUT2D eigenvalue weighted by molar-refractivity contribution is -0.137. The van der Waals surface area contributed by atoms with Gasteiger partial charge in [-0.15, -0.1) is 0 Å². The molecule has 0 spiro atoms. The lowest BCUT2D eigenvalue weighted by Gasteiger charge is -2.00. The topological polar surface area (TPSA) is 59.4 Å². The van der Waals surface area contributed by atoms with Crippen molar-refractivity contribution in [2.24, 2.45) is 0 Å². The Balaban J connectivity index is 2.79. The van der Waals surface area contributed by atoms with E-state index in [0.29, 0.717) is 10.2 Å². The average molecular weight is 272 g/mol. The summed E-state index contributed by atoms with van der Waals surface area (Å²) in [6.07, 6.45) is 2.48. The van der Waals surface area contributed by atoms with Crippen LogP contribution in [0.5, 0.6) is 0 Å². The number of hydrogen-bond acceptors (Lipinski definition) is 4. The molecule has 1 N–H and O–H groups in total. The standard InChI is InChI=1S/C10H10BrNO3/c1-2-15-10(14)5-8(13)7-3-4-9(11)12-6-7/h3-6,13H,2H2,1H3. The lowest BCUT2D eigenvalue weighted by Crippen LogP contribution is -2.00.